The maximum atomic E-state index is 2.25. The van der Waals surface area contributed by atoms with E-state index in [2.05, 4.69) is 184 Å². The highest BCUT2D eigenvalue weighted by Crippen LogP contribution is 2.40. The second kappa shape index (κ2) is 13.3. The standard InChI is InChI=1S/C40H36N2S2/c1-41(2)35-21-13-31(14-22-35)7-5-29-9-17-33(18-10-29)37-25-27-39(43-37)40-28-26-38(44-40)34-19-11-30(12-20-34)6-8-32-15-23-36(24-16-32)42(3)4/h5-28H,1-4H3/b7-5+,8-6+. The first kappa shape index (κ1) is 29.4. The van der Waals surface area contributed by atoms with Gasteiger partial charge in [0.1, 0.15) is 0 Å². The van der Waals surface area contributed by atoms with Crippen LogP contribution in [0.3, 0.4) is 0 Å². The first-order chi connectivity index (χ1) is 21.4. The topological polar surface area (TPSA) is 6.48 Å². The molecule has 4 aromatic carbocycles. The number of rotatable bonds is 9. The summed E-state index contributed by atoms with van der Waals surface area (Å²) in [5, 5.41) is 0. The monoisotopic (exact) mass is 608 g/mol. The number of hydrogen-bond donors (Lipinski definition) is 0. The van der Waals surface area contributed by atoms with Gasteiger partial charge >= 0.3 is 0 Å². The number of anilines is 2. The van der Waals surface area contributed by atoms with Gasteiger partial charge < -0.3 is 9.80 Å². The maximum absolute atomic E-state index is 2.25. The van der Waals surface area contributed by atoms with E-state index in [0.717, 1.165) is 0 Å². The Hall–Kier alpha value is -4.64. The van der Waals surface area contributed by atoms with E-state index in [1.807, 2.05) is 22.7 Å². The van der Waals surface area contributed by atoms with Crippen LogP contribution in [0.25, 0.3) is 54.9 Å². The predicted octanol–water partition coefficient (Wildman–Crippen LogP) is 11.3. The Kier molecular flexibility index (Phi) is 8.92. The summed E-state index contributed by atoms with van der Waals surface area (Å²) in [5.41, 5.74) is 9.73. The van der Waals surface area contributed by atoms with Crippen molar-refractivity contribution in [2.45, 2.75) is 0 Å². The van der Waals surface area contributed by atoms with Crippen molar-refractivity contribution in [3.05, 3.63) is 144 Å². The van der Waals surface area contributed by atoms with Gasteiger partial charge in [-0.25, -0.2) is 0 Å². The van der Waals surface area contributed by atoms with Crippen molar-refractivity contribution in [3.8, 4) is 30.6 Å². The fourth-order valence-corrected chi connectivity index (χ4v) is 7.03. The van der Waals surface area contributed by atoms with E-state index in [0.29, 0.717) is 0 Å². The van der Waals surface area contributed by atoms with Crippen LogP contribution >= 0.6 is 22.7 Å². The molecule has 0 saturated carbocycles. The van der Waals surface area contributed by atoms with Crippen LogP contribution in [0.4, 0.5) is 11.4 Å². The second-order valence-electron chi connectivity index (χ2n) is 11.2. The van der Waals surface area contributed by atoms with Gasteiger partial charge in [0.05, 0.1) is 0 Å². The second-order valence-corrected chi connectivity index (χ2v) is 13.4. The Morgan fingerprint density at radius 3 is 0.909 bits per heavy atom. The van der Waals surface area contributed by atoms with Gasteiger partial charge in [0.25, 0.3) is 0 Å². The molecule has 4 heteroatoms. The van der Waals surface area contributed by atoms with Crippen molar-refractivity contribution >= 4 is 58.4 Å². The quantitative estimate of drug-likeness (QED) is 0.151. The van der Waals surface area contributed by atoms with E-state index in [9.17, 15) is 0 Å². The molecule has 2 nitrogen and oxygen atoms in total. The summed E-state index contributed by atoms with van der Waals surface area (Å²) in [4.78, 5) is 9.42. The minimum absolute atomic E-state index is 1.20. The highest BCUT2D eigenvalue weighted by atomic mass is 32.1. The average molecular weight is 609 g/mol. The molecule has 2 heterocycles. The highest BCUT2D eigenvalue weighted by Gasteiger charge is 2.09. The molecule has 0 radical (unpaired) electrons. The Morgan fingerprint density at radius 2 is 0.614 bits per heavy atom. The third-order valence-corrected chi connectivity index (χ3v) is 10.1. The summed E-state index contributed by atoms with van der Waals surface area (Å²) in [7, 11) is 8.25. The summed E-state index contributed by atoms with van der Waals surface area (Å²) in [5.74, 6) is 0. The van der Waals surface area contributed by atoms with Crippen LogP contribution in [0.15, 0.2) is 121 Å². The molecule has 6 aromatic rings. The Balaban J connectivity index is 1.09. The normalized spacial score (nSPS) is 11.5. The molecule has 0 saturated heterocycles. The summed E-state index contributed by atoms with van der Waals surface area (Å²) in [6, 6.07) is 43.9. The summed E-state index contributed by atoms with van der Waals surface area (Å²) < 4.78 is 0. The van der Waals surface area contributed by atoms with Gasteiger partial charge in [-0.15, -0.1) is 22.7 Å². The van der Waals surface area contributed by atoms with Crippen LogP contribution in [-0.4, -0.2) is 28.2 Å². The Bertz CT molecular complexity index is 1730. The first-order valence-corrected chi connectivity index (χ1v) is 16.4. The largest absolute Gasteiger partial charge is 0.378 e. The fourth-order valence-electron chi connectivity index (χ4n) is 4.92. The van der Waals surface area contributed by atoms with Crippen LogP contribution in [0.5, 0.6) is 0 Å². The Labute approximate surface area is 269 Å². The molecular formula is C40H36N2S2. The molecule has 0 aliphatic carbocycles. The van der Waals surface area contributed by atoms with Crippen LogP contribution in [0.2, 0.25) is 0 Å². The van der Waals surface area contributed by atoms with Crippen LogP contribution in [0, 0.1) is 0 Å². The van der Waals surface area contributed by atoms with Gasteiger partial charge in [0.2, 0.25) is 0 Å². The highest BCUT2D eigenvalue weighted by molar-refractivity contribution is 7.25. The minimum atomic E-state index is 1.20. The zero-order chi connectivity index (χ0) is 30.5. The van der Waals surface area contributed by atoms with Crippen molar-refractivity contribution in [3.63, 3.8) is 0 Å². The molecule has 44 heavy (non-hydrogen) atoms. The van der Waals surface area contributed by atoms with Gasteiger partial charge in [-0.3, -0.25) is 0 Å². The Morgan fingerprint density at radius 1 is 0.341 bits per heavy atom. The molecule has 0 atom stereocenters. The van der Waals surface area contributed by atoms with Crippen LogP contribution in [0.1, 0.15) is 22.3 Å². The van der Waals surface area contributed by atoms with Crippen molar-refractivity contribution in [1.82, 2.24) is 0 Å². The van der Waals surface area contributed by atoms with E-state index in [4.69, 9.17) is 0 Å². The summed E-state index contributed by atoms with van der Waals surface area (Å²) >= 11 is 3.71. The van der Waals surface area contributed by atoms with Crippen molar-refractivity contribution in [2.75, 3.05) is 38.0 Å². The zero-order valence-corrected chi connectivity index (χ0v) is 27.2. The molecule has 6 rings (SSSR count). The summed E-state index contributed by atoms with van der Waals surface area (Å²) in [6.07, 6.45) is 8.69. The zero-order valence-electron chi connectivity index (χ0n) is 25.6. The molecule has 0 N–H and O–H groups in total. The molecular weight excluding hydrogens is 573 g/mol. The molecule has 0 amide bonds. The predicted molar refractivity (Wildman–Crippen MR) is 198 cm³/mol. The van der Waals surface area contributed by atoms with Gasteiger partial charge in [0, 0.05) is 59.1 Å². The molecule has 0 aliphatic rings. The number of thiophene rings is 2. The molecule has 218 valence electrons. The number of benzene rings is 4. The SMILES string of the molecule is CN(C)c1ccc(/C=C/c2ccc(-c3ccc(-c4ccc(-c5ccc(/C=C/c6ccc(N(C)C)cc6)cc5)s4)s3)cc2)cc1. The van der Waals surface area contributed by atoms with Crippen LogP contribution < -0.4 is 9.80 Å². The van der Waals surface area contributed by atoms with Crippen molar-refractivity contribution in [2.24, 2.45) is 0 Å². The lowest BCUT2D eigenvalue weighted by molar-refractivity contribution is 1.13. The third-order valence-electron chi connectivity index (χ3n) is 7.60. The van der Waals surface area contributed by atoms with Crippen molar-refractivity contribution in [1.29, 1.82) is 0 Å². The lowest BCUT2D eigenvalue weighted by Gasteiger charge is -2.11. The number of hydrogen-bond acceptors (Lipinski definition) is 4. The van der Waals surface area contributed by atoms with Crippen LogP contribution in [-0.2, 0) is 0 Å². The van der Waals surface area contributed by atoms with E-state index >= 15 is 0 Å². The minimum Gasteiger partial charge on any atom is -0.378 e. The maximum Gasteiger partial charge on any atom is 0.0449 e. The smallest absolute Gasteiger partial charge is 0.0449 e. The molecule has 0 bridgehead atoms. The molecule has 2 aromatic heterocycles. The third kappa shape index (κ3) is 7.11. The van der Waals surface area contributed by atoms with E-state index in [1.165, 1.54) is 64.3 Å². The molecule has 0 spiro atoms. The van der Waals surface area contributed by atoms with E-state index in [1.54, 1.807) is 0 Å². The van der Waals surface area contributed by atoms with Gasteiger partial charge in [0.15, 0.2) is 0 Å². The lowest BCUT2D eigenvalue weighted by Crippen LogP contribution is -2.07. The molecule has 0 fully saturated rings. The lowest BCUT2D eigenvalue weighted by atomic mass is 10.1. The van der Waals surface area contributed by atoms with Gasteiger partial charge in [-0.05, 0) is 81.9 Å². The fraction of sp³-hybridized carbons (Fsp3) is 0.100. The average Bonchev–Trinajstić information content (AvgIpc) is 3.75. The number of nitrogens with zero attached hydrogens (tertiary/aromatic N) is 2. The van der Waals surface area contributed by atoms with E-state index in [-0.39, 0.29) is 0 Å². The molecule has 0 aliphatic heterocycles. The van der Waals surface area contributed by atoms with Gasteiger partial charge in [-0.2, -0.15) is 0 Å². The molecule has 0 unspecified atom stereocenters. The van der Waals surface area contributed by atoms with E-state index < -0.39 is 0 Å². The van der Waals surface area contributed by atoms with Crippen molar-refractivity contribution < 1.29 is 0 Å². The first-order valence-electron chi connectivity index (χ1n) is 14.7. The van der Waals surface area contributed by atoms with Gasteiger partial charge in [-0.1, -0.05) is 97.1 Å². The summed E-state index contributed by atoms with van der Waals surface area (Å²) in [6.45, 7) is 0.